The Morgan fingerprint density at radius 2 is 2.19 bits per heavy atom. The molecule has 7 nitrogen and oxygen atoms in total. The number of aliphatic hydroxyl groups is 1. The van der Waals surface area contributed by atoms with E-state index in [2.05, 4.69) is 19.9 Å². The van der Waals surface area contributed by atoms with Gasteiger partial charge >= 0.3 is 0 Å². The van der Waals surface area contributed by atoms with Gasteiger partial charge in [0.2, 0.25) is 0 Å². The van der Waals surface area contributed by atoms with Crippen LogP contribution < -0.4 is 4.90 Å². The van der Waals surface area contributed by atoms with E-state index in [0.29, 0.717) is 11.2 Å². The molecule has 4 rings (SSSR count). The number of halogens is 1. The molecule has 0 spiro atoms. The Morgan fingerprint density at radius 1 is 1.38 bits per heavy atom. The predicted octanol–water partition coefficient (Wildman–Crippen LogP) is 0.654. The number of rotatable bonds is 2. The third kappa shape index (κ3) is 1.75. The molecular weight excluding hydrogens is 277 g/mol. The molecule has 1 N–H and O–H groups in total. The lowest BCUT2D eigenvalue weighted by Gasteiger charge is -2.31. The van der Waals surface area contributed by atoms with Gasteiger partial charge < -0.3 is 14.7 Å². The highest BCUT2D eigenvalue weighted by Gasteiger charge is 2.50. The molecule has 0 aromatic carbocycles. The third-order valence-electron chi connectivity index (χ3n) is 4.29. The number of imidazole rings is 1. The van der Waals surface area contributed by atoms with Gasteiger partial charge in [-0.25, -0.2) is 19.3 Å². The summed E-state index contributed by atoms with van der Waals surface area (Å²) >= 11 is 0. The molecule has 0 aliphatic carbocycles. The van der Waals surface area contributed by atoms with Crippen LogP contribution in [0.25, 0.3) is 11.2 Å². The molecule has 4 heterocycles. The summed E-state index contributed by atoms with van der Waals surface area (Å²) in [4.78, 5) is 14.9. The van der Waals surface area contributed by atoms with Gasteiger partial charge in [0, 0.05) is 13.1 Å². The van der Waals surface area contributed by atoms with Crippen LogP contribution in [0.4, 0.5) is 10.2 Å². The highest BCUT2D eigenvalue weighted by atomic mass is 19.1. The summed E-state index contributed by atoms with van der Waals surface area (Å²) in [6, 6.07) is 0. The van der Waals surface area contributed by atoms with E-state index in [9.17, 15) is 9.50 Å². The summed E-state index contributed by atoms with van der Waals surface area (Å²) in [6.45, 7) is 3.18. The summed E-state index contributed by atoms with van der Waals surface area (Å²) in [7, 11) is 0. The smallest absolute Gasteiger partial charge is 0.180 e. The maximum atomic E-state index is 14.6. The highest BCUT2D eigenvalue weighted by molar-refractivity contribution is 5.83. The van der Waals surface area contributed by atoms with Crippen LogP contribution in [0.1, 0.15) is 19.6 Å². The molecule has 8 heteroatoms. The first-order valence-electron chi connectivity index (χ1n) is 7.00. The first-order valence-corrected chi connectivity index (χ1v) is 7.00. The van der Waals surface area contributed by atoms with E-state index in [1.54, 1.807) is 0 Å². The minimum atomic E-state index is -1.88. The second-order valence-corrected chi connectivity index (χ2v) is 5.71. The molecule has 0 radical (unpaired) electrons. The van der Waals surface area contributed by atoms with E-state index in [4.69, 9.17) is 4.74 Å². The molecule has 2 saturated heterocycles. The lowest BCUT2D eigenvalue weighted by atomic mass is 10.0. The SMILES string of the molecule is CC1(F)C(O)COC1n1cnc2c(N3CCC3)ncnc21. The fourth-order valence-electron chi connectivity index (χ4n) is 2.80. The van der Waals surface area contributed by atoms with Gasteiger partial charge in [-0.2, -0.15) is 0 Å². The maximum Gasteiger partial charge on any atom is 0.180 e. The number of fused-ring (bicyclic) bond motifs is 1. The molecule has 0 saturated carbocycles. The maximum absolute atomic E-state index is 14.6. The number of nitrogens with zero attached hydrogens (tertiary/aromatic N) is 5. The number of alkyl halides is 1. The molecule has 21 heavy (non-hydrogen) atoms. The molecule has 2 aliphatic rings. The second-order valence-electron chi connectivity index (χ2n) is 5.71. The van der Waals surface area contributed by atoms with E-state index >= 15 is 0 Å². The van der Waals surface area contributed by atoms with E-state index < -0.39 is 18.0 Å². The lowest BCUT2D eigenvalue weighted by Crippen LogP contribution is -2.38. The molecule has 2 fully saturated rings. The van der Waals surface area contributed by atoms with Gasteiger partial charge in [0.25, 0.3) is 0 Å². The summed E-state index contributed by atoms with van der Waals surface area (Å²) in [6.07, 6.45) is 2.00. The van der Waals surface area contributed by atoms with Crippen LogP contribution in [0.2, 0.25) is 0 Å². The van der Waals surface area contributed by atoms with Crippen LogP contribution in [0, 0.1) is 0 Å². The van der Waals surface area contributed by atoms with E-state index in [-0.39, 0.29) is 6.61 Å². The largest absolute Gasteiger partial charge is 0.387 e. The lowest BCUT2D eigenvalue weighted by molar-refractivity contribution is -0.0339. The van der Waals surface area contributed by atoms with Crippen LogP contribution >= 0.6 is 0 Å². The minimum Gasteiger partial charge on any atom is -0.387 e. The average molecular weight is 293 g/mol. The standard InChI is InChI=1S/C13H16FN5O2/c1-13(14)8(20)5-21-12(13)19-7-17-9-10(18-3-2-4-18)15-6-16-11(9)19/h6-8,12,20H,2-5H2,1H3. The van der Waals surface area contributed by atoms with Gasteiger partial charge in [-0.3, -0.25) is 4.57 Å². The normalized spacial score (nSPS) is 32.6. The van der Waals surface area contributed by atoms with Crippen molar-refractivity contribution in [3.8, 4) is 0 Å². The molecule has 2 aromatic heterocycles. The van der Waals surface area contributed by atoms with Gasteiger partial charge in [0.15, 0.2) is 28.9 Å². The summed E-state index contributed by atoms with van der Waals surface area (Å²) < 4.78 is 21.6. The quantitative estimate of drug-likeness (QED) is 0.876. The number of ether oxygens (including phenoxy) is 1. The van der Waals surface area contributed by atoms with Crippen molar-refractivity contribution in [3.05, 3.63) is 12.7 Å². The predicted molar refractivity (Wildman–Crippen MR) is 72.7 cm³/mol. The Morgan fingerprint density at radius 3 is 2.81 bits per heavy atom. The first-order chi connectivity index (χ1) is 10.1. The Kier molecular flexibility index (Phi) is 2.67. The van der Waals surface area contributed by atoms with Gasteiger partial charge in [0.05, 0.1) is 12.9 Å². The fraction of sp³-hybridized carbons (Fsp3) is 0.615. The number of hydrogen-bond acceptors (Lipinski definition) is 6. The summed E-state index contributed by atoms with van der Waals surface area (Å²) in [5, 5.41) is 9.71. The first kappa shape index (κ1) is 12.9. The van der Waals surface area contributed by atoms with E-state index in [1.807, 2.05) is 0 Å². The van der Waals surface area contributed by atoms with E-state index in [1.165, 1.54) is 24.1 Å². The Hall–Kier alpha value is -1.80. The molecule has 3 unspecified atom stereocenters. The third-order valence-corrected chi connectivity index (χ3v) is 4.29. The Bertz CT molecular complexity index is 684. The van der Waals surface area contributed by atoms with Crippen molar-refractivity contribution in [3.63, 3.8) is 0 Å². The molecule has 2 aromatic rings. The molecule has 2 aliphatic heterocycles. The highest BCUT2D eigenvalue weighted by Crippen LogP contribution is 2.39. The van der Waals surface area contributed by atoms with Crippen LogP contribution in [0.15, 0.2) is 12.7 Å². The number of hydrogen-bond donors (Lipinski definition) is 1. The molecular formula is C13H16FN5O2. The van der Waals surface area contributed by atoms with Gasteiger partial charge in [-0.1, -0.05) is 0 Å². The van der Waals surface area contributed by atoms with Crippen molar-refractivity contribution in [2.45, 2.75) is 31.3 Å². The molecule has 0 amide bonds. The zero-order valence-corrected chi connectivity index (χ0v) is 11.6. The second kappa shape index (κ2) is 4.35. The summed E-state index contributed by atoms with van der Waals surface area (Å²) in [5.74, 6) is 0.768. The topological polar surface area (TPSA) is 76.3 Å². The minimum absolute atomic E-state index is 0.0403. The van der Waals surface area contributed by atoms with Gasteiger partial charge in [-0.05, 0) is 13.3 Å². The van der Waals surface area contributed by atoms with Crippen LogP contribution in [0.5, 0.6) is 0 Å². The van der Waals surface area contributed by atoms with Crippen molar-refractivity contribution < 1.29 is 14.2 Å². The van der Waals surface area contributed by atoms with Crippen molar-refractivity contribution in [2.24, 2.45) is 0 Å². The Labute approximate surface area is 120 Å². The number of anilines is 1. The number of aromatic nitrogens is 4. The van der Waals surface area contributed by atoms with Gasteiger partial charge in [0.1, 0.15) is 12.4 Å². The van der Waals surface area contributed by atoms with Crippen molar-refractivity contribution >= 4 is 17.0 Å². The van der Waals surface area contributed by atoms with Crippen molar-refractivity contribution in [2.75, 3.05) is 24.6 Å². The Balaban J connectivity index is 1.80. The average Bonchev–Trinajstić information content (AvgIpc) is 2.91. The number of aliphatic hydroxyl groups excluding tert-OH is 1. The molecule has 112 valence electrons. The zero-order valence-electron chi connectivity index (χ0n) is 11.6. The summed E-state index contributed by atoms with van der Waals surface area (Å²) in [5.41, 5.74) is -0.719. The molecule has 3 atom stereocenters. The van der Waals surface area contributed by atoms with Crippen molar-refractivity contribution in [1.29, 1.82) is 0 Å². The fourth-order valence-corrected chi connectivity index (χ4v) is 2.80. The zero-order chi connectivity index (χ0) is 14.6. The monoisotopic (exact) mass is 293 g/mol. The molecule has 0 bridgehead atoms. The van der Waals surface area contributed by atoms with E-state index in [0.717, 1.165) is 25.3 Å². The van der Waals surface area contributed by atoms with Crippen LogP contribution in [0.3, 0.4) is 0 Å². The van der Waals surface area contributed by atoms with Crippen LogP contribution in [-0.4, -0.2) is 56.1 Å². The van der Waals surface area contributed by atoms with Gasteiger partial charge in [-0.15, -0.1) is 0 Å². The van der Waals surface area contributed by atoms with Crippen molar-refractivity contribution in [1.82, 2.24) is 19.5 Å². The van der Waals surface area contributed by atoms with Crippen LogP contribution in [-0.2, 0) is 4.74 Å².